The Balaban J connectivity index is 2.00. The second kappa shape index (κ2) is 6.17. The van der Waals surface area contributed by atoms with Crippen molar-refractivity contribution in [1.29, 1.82) is 0 Å². The smallest absolute Gasteiger partial charge is 0.213 e. The molecule has 3 heterocycles. The summed E-state index contributed by atoms with van der Waals surface area (Å²) in [7, 11) is 0. The quantitative estimate of drug-likeness (QED) is 0.411. The summed E-state index contributed by atoms with van der Waals surface area (Å²) >= 11 is 2.47. The molecule has 0 saturated heterocycles. The zero-order chi connectivity index (χ0) is 16.5. The van der Waals surface area contributed by atoms with E-state index in [1.807, 2.05) is 6.26 Å². The lowest BCUT2D eigenvalue weighted by Crippen LogP contribution is -1.98. The molecule has 3 aromatic heterocycles. The maximum absolute atomic E-state index is 13.7. The summed E-state index contributed by atoms with van der Waals surface area (Å²) in [6, 6.07) is 7.95. The molecule has 0 aliphatic heterocycles. The molecule has 9 heteroatoms. The molecule has 1 aromatic carbocycles. The highest BCUT2D eigenvalue weighted by Crippen LogP contribution is 2.30. The summed E-state index contributed by atoms with van der Waals surface area (Å²) in [4.78, 5) is 17.7. The van der Waals surface area contributed by atoms with Gasteiger partial charge in [-0.2, -0.15) is 8.75 Å². The monoisotopic (exact) mass is 356 g/mol. The van der Waals surface area contributed by atoms with Gasteiger partial charge in [0.15, 0.2) is 5.16 Å². The van der Waals surface area contributed by atoms with Gasteiger partial charge >= 0.3 is 0 Å². The number of benzene rings is 1. The van der Waals surface area contributed by atoms with Crippen LogP contribution in [0.2, 0.25) is 0 Å². The summed E-state index contributed by atoms with van der Waals surface area (Å²) in [6.07, 6.45) is 3.56. The van der Waals surface area contributed by atoms with Gasteiger partial charge in [-0.3, -0.25) is 0 Å². The van der Waals surface area contributed by atoms with Crippen molar-refractivity contribution in [3.05, 3.63) is 42.3 Å². The van der Waals surface area contributed by atoms with Gasteiger partial charge < -0.3 is 0 Å². The van der Waals surface area contributed by atoms with E-state index < -0.39 is 0 Å². The third kappa shape index (κ3) is 2.72. The molecule has 0 aliphatic rings. The number of fused-ring (bicyclic) bond motifs is 1. The number of hydrogen-bond acceptors (Lipinski definition) is 8. The highest BCUT2D eigenvalue weighted by atomic mass is 32.2. The first-order valence-electron chi connectivity index (χ1n) is 6.88. The minimum atomic E-state index is -0.343. The predicted molar refractivity (Wildman–Crippen MR) is 91.2 cm³/mol. The molecule has 0 fully saturated rings. The van der Waals surface area contributed by atoms with Crippen molar-refractivity contribution in [2.24, 2.45) is 0 Å². The standard InChI is InChI=1S/C15H9FN6S2/c1-23-15-17-6-5-10(18-15)12-11(8-3-2-4-9(16)7-8)19-13-14(20-12)22-24-21-13/h2-7H,1H3. The Morgan fingerprint density at radius 3 is 2.54 bits per heavy atom. The second-order valence-corrected chi connectivity index (χ2v) is 6.07. The molecule has 0 aliphatic carbocycles. The van der Waals surface area contributed by atoms with Crippen LogP contribution in [0.3, 0.4) is 0 Å². The number of nitrogens with zero attached hydrogens (tertiary/aromatic N) is 6. The molecule has 4 aromatic rings. The van der Waals surface area contributed by atoms with Gasteiger partial charge in [0.2, 0.25) is 11.3 Å². The van der Waals surface area contributed by atoms with Crippen LogP contribution in [-0.4, -0.2) is 34.9 Å². The molecular weight excluding hydrogens is 347 g/mol. The molecule has 0 radical (unpaired) electrons. The van der Waals surface area contributed by atoms with Crippen LogP contribution in [0.25, 0.3) is 33.9 Å². The van der Waals surface area contributed by atoms with E-state index >= 15 is 0 Å². The molecular formula is C15H9FN6S2. The van der Waals surface area contributed by atoms with Crippen LogP contribution >= 0.6 is 23.5 Å². The van der Waals surface area contributed by atoms with Crippen LogP contribution in [0.1, 0.15) is 0 Å². The van der Waals surface area contributed by atoms with Crippen molar-refractivity contribution in [2.45, 2.75) is 5.16 Å². The van der Waals surface area contributed by atoms with Crippen molar-refractivity contribution in [3.8, 4) is 22.6 Å². The molecule has 0 unspecified atom stereocenters. The van der Waals surface area contributed by atoms with E-state index in [1.54, 1.807) is 24.4 Å². The van der Waals surface area contributed by atoms with Crippen molar-refractivity contribution >= 4 is 34.8 Å². The summed E-state index contributed by atoms with van der Waals surface area (Å²) < 4.78 is 21.9. The van der Waals surface area contributed by atoms with E-state index in [4.69, 9.17) is 0 Å². The van der Waals surface area contributed by atoms with Crippen LogP contribution in [0.15, 0.2) is 41.7 Å². The van der Waals surface area contributed by atoms with E-state index in [2.05, 4.69) is 28.7 Å². The molecule has 118 valence electrons. The Kier molecular flexibility index (Phi) is 3.87. The lowest BCUT2D eigenvalue weighted by molar-refractivity contribution is 0.628. The van der Waals surface area contributed by atoms with Gasteiger partial charge in [-0.15, -0.1) is 0 Å². The van der Waals surface area contributed by atoms with Gasteiger partial charge in [0.1, 0.15) is 17.2 Å². The Labute approximate surface area is 144 Å². The molecule has 0 N–H and O–H groups in total. The Morgan fingerprint density at radius 1 is 1.00 bits per heavy atom. The summed E-state index contributed by atoms with van der Waals surface area (Å²) in [5, 5.41) is 0.621. The molecule has 0 amide bonds. The molecule has 0 saturated carbocycles. The molecule has 6 nitrogen and oxygen atoms in total. The summed E-state index contributed by atoms with van der Waals surface area (Å²) in [6.45, 7) is 0. The minimum Gasteiger partial charge on any atom is -0.231 e. The van der Waals surface area contributed by atoms with E-state index in [1.165, 1.54) is 23.9 Å². The second-order valence-electron chi connectivity index (χ2n) is 4.77. The molecule has 0 spiro atoms. The maximum Gasteiger partial charge on any atom is 0.213 e. The maximum atomic E-state index is 13.7. The SMILES string of the molecule is CSc1nccc(-c2nc3nsnc3nc2-c2cccc(F)c2)n1. The van der Waals surface area contributed by atoms with Crippen molar-refractivity contribution in [2.75, 3.05) is 6.26 Å². The molecule has 0 bridgehead atoms. The third-order valence-electron chi connectivity index (χ3n) is 3.27. The first kappa shape index (κ1) is 15.0. The van der Waals surface area contributed by atoms with Crippen LogP contribution in [-0.2, 0) is 0 Å². The van der Waals surface area contributed by atoms with Gasteiger partial charge in [0.05, 0.1) is 17.4 Å². The largest absolute Gasteiger partial charge is 0.231 e. The fourth-order valence-electron chi connectivity index (χ4n) is 2.22. The zero-order valence-electron chi connectivity index (χ0n) is 12.3. The summed E-state index contributed by atoms with van der Waals surface area (Å²) in [5.41, 5.74) is 3.13. The van der Waals surface area contributed by atoms with Gasteiger partial charge in [0.25, 0.3) is 0 Å². The van der Waals surface area contributed by atoms with Gasteiger partial charge in [-0.05, 0) is 24.5 Å². The zero-order valence-corrected chi connectivity index (χ0v) is 14.0. The van der Waals surface area contributed by atoms with Gasteiger partial charge in [-0.1, -0.05) is 23.9 Å². The van der Waals surface area contributed by atoms with Crippen LogP contribution in [0.5, 0.6) is 0 Å². The Bertz CT molecular complexity index is 1040. The number of halogens is 1. The van der Waals surface area contributed by atoms with E-state index in [0.717, 1.165) is 11.7 Å². The Morgan fingerprint density at radius 2 is 1.79 bits per heavy atom. The highest BCUT2D eigenvalue weighted by Gasteiger charge is 2.17. The number of aromatic nitrogens is 6. The van der Waals surface area contributed by atoms with Crippen molar-refractivity contribution < 1.29 is 4.39 Å². The van der Waals surface area contributed by atoms with Crippen LogP contribution in [0.4, 0.5) is 4.39 Å². The van der Waals surface area contributed by atoms with E-state index in [9.17, 15) is 4.39 Å². The fraction of sp³-hybridized carbons (Fsp3) is 0.0667. The van der Waals surface area contributed by atoms with E-state index in [-0.39, 0.29) is 5.82 Å². The first-order valence-corrected chi connectivity index (χ1v) is 8.84. The number of thioether (sulfide) groups is 1. The lowest BCUT2D eigenvalue weighted by atomic mass is 10.1. The molecule has 0 atom stereocenters. The number of rotatable bonds is 3. The normalized spacial score (nSPS) is 11.1. The highest BCUT2D eigenvalue weighted by molar-refractivity contribution is 7.98. The third-order valence-corrected chi connectivity index (χ3v) is 4.34. The van der Waals surface area contributed by atoms with Crippen LogP contribution in [0, 0.1) is 5.82 Å². The van der Waals surface area contributed by atoms with Crippen molar-refractivity contribution in [3.63, 3.8) is 0 Å². The van der Waals surface area contributed by atoms with Crippen molar-refractivity contribution in [1.82, 2.24) is 28.7 Å². The summed E-state index contributed by atoms with van der Waals surface area (Å²) in [5.74, 6) is -0.343. The average Bonchev–Trinajstić information content (AvgIpc) is 3.08. The number of hydrogen-bond donors (Lipinski definition) is 0. The lowest BCUT2D eigenvalue weighted by Gasteiger charge is -2.08. The van der Waals surface area contributed by atoms with Gasteiger partial charge in [-0.25, -0.2) is 24.3 Å². The average molecular weight is 356 g/mol. The minimum absolute atomic E-state index is 0.343. The fourth-order valence-corrected chi connectivity index (χ4v) is 3.02. The topological polar surface area (TPSA) is 77.3 Å². The van der Waals surface area contributed by atoms with Gasteiger partial charge in [0, 0.05) is 11.8 Å². The van der Waals surface area contributed by atoms with E-state index in [0.29, 0.717) is 39.1 Å². The molecule has 24 heavy (non-hydrogen) atoms. The molecule has 4 rings (SSSR count). The Hall–Kier alpha value is -2.52. The first-order chi connectivity index (χ1) is 11.7. The predicted octanol–water partition coefficient (Wildman–Crippen LogP) is 3.47. The van der Waals surface area contributed by atoms with Crippen LogP contribution < -0.4 is 0 Å².